The first-order valence-corrected chi connectivity index (χ1v) is 6.51. The zero-order chi connectivity index (χ0) is 11.4. The molecule has 16 heavy (non-hydrogen) atoms. The molecule has 4 N–H and O–H groups in total. The van der Waals surface area contributed by atoms with Crippen LogP contribution in [0.2, 0.25) is 0 Å². The van der Waals surface area contributed by atoms with Crippen molar-refractivity contribution < 1.29 is 4.79 Å². The number of nitrogens with one attached hydrogen (secondary N) is 2. The lowest BCUT2D eigenvalue weighted by molar-refractivity contribution is -0.122. The summed E-state index contributed by atoms with van der Waals surface area (Å²) in [5.41, 5.74) is 5.97. The molecule has 4 heteroatoms. The number of hydrogen-bond acceptors (Lipinski definition) is 3. The average molecular weight is 225 g/mol. The Hall–Kier alpha value is -0.610. The van der Waals surface area contributed by atoms with Crippen molar-refractivity contribution in [1.29, 1.82) is 0 Å². The maximum Gasteiger partial charge on any atom is 0.220 e. The summed E-state index contributed by atoms with van der Waals surface area (Å²) in [6.07, 6.45) is 6.28. The highest BCUT2D eigenvalue weighted by Crippen LogP contribution is 2.26. The van der Waals surface area contributed by atoms with Gasteiger partial charge in [0.15, 0.2) is 0 Å². The molecule has 0 unspecified atom stereocenters. The smallest absolute Gasteiger partial charge is 0.220 e. The summed E-state index contributed by atoms with van der Waals surface area (Å²) in [5.74, 6) is 0.604. The quantitative estimate of drug-likeness (QED) is 0.650. The highest BCUT2D eigenvalue weighted by Gasteiger charge is 2.26. The molecule has 3 atom stereocenters. The number of carbonyl (C=O) groups excluding carboxylic acids is 1. The number of carbonyl (C=O) groups is 1. The molecule has 0 aromatic heterocycles. The summed E-state index contributed by atoms with van der Waals surface area (Å²) in [7, 11) is 0. The lowest BCUT2D eigenvalue weighted by Crippen LogP contribution is -2.46. The molecule has 2 aliphatic rings. The Morgan fingerprint density at radius 2 is 2.19 bits per heavy atom. The number of amides is 1. The third-order valence-corrected chi connectivity index (χ3v) is 3.83. The minimum Gasteiger partial charge on any atom is -0.352 e. The molecule has 4 nitrogen and oxygen atoms in total. The normalized spacial score (nSPS) is 34.9. The Morgan fingerprint density at radius 3 is 2.81 bits per heavy atom. The van der Waals surface area contributed by atoms with Crippen LogP contribution in [0.25, 0.3) is 0 Å². The maximum absolute atomic E-state index is 11.8. The molecule has 1 aliphatic heterocycles. The summed E-state index contributed by atoms with van der Waals surface area (Å²) >= 11 is 0. The van der Waals surface area contributed by atoms with Crippen LogP contribution in [0.3, 0.4) is 0 Å². The fraction of sp³-hybridized carbons (Fsp3) is 0.917. The second-order valence-electron chi connectivity index (χ2n) is 5.17. The maximum atomic E-state index is 11.8. The van der Waals surface area contributed by atoms with E-state index < -0.39 is 0 Å². The van der Waals surface area contributed by atoms with E-state index in [2.05, 4.69) is 10.6 Å². The molecule has 1 saturated carbocycles. The number of nitrogens with two attached hydrogens (primary N) is 1. The SMILES string of the molecule is N[C@@H]1CCC[C@H]1CC(=O)N[C@@H]1CCCNC1. The Morgan fingerprint density at radius 1 is 1.31 bits per heavy atom. The van der Waals surface area contributed by atoms with Crippen molar-refractivity contribution in [3.05, 3.63) is 0 Å². The average Bonchev–Trinajstić information content (AvgIpc) is 2.66. The Labute approximate surface area is 97.3 Å². The Balaban J connectivity index is 1.70. The van der Waals surface area contributed by atoms with Crippen LogP contribution in [-0.2, 0) is 4.79 Å². The van der Waals surface area contributed by atoms with E-state index in [0.717, 1.165) is 38.8 Å². The van der Waals surface area contributed by atoms with Crippen LogP contribution in [-0.4, -0.2) is 31.1 Å². The third kappa shape index (κ3) is 3.19. The van der Waals surface area contributed by atoms with Crippen molar-refractivity contribution >= 4 is 5.91 Å². The predicted molar refractivity (Wildman–Crippen MR) is 64.0 cm³/mol. The van der Waals surface area contributed by atoms with E-state index >= 15 is 0 Å². The van der Waals surface area contributed by atoms with E-state index in [1.54, 1.807) is 0 Å². The van der Waals surface area contributed by atoms with Gasteiger partial charge in [0.2, 0.25) is 5.91 Å². The van der Waals surface area contributed by atoms with E-state index in [9.17, 15) is 4.79 Å². The van der Waals surface area contributed by atoms with Crippen molar-refractivity contribution in [2.24, 2.45) is 11.7 Å². The van der Waals surface area contributed by atoms with Gasteiger partial charge in [-0.3, -0.25) is 4.79 Å². The molecule has 92 valence electrons. The van der Waals surface area contributed by atoms with Crippen molar-refractivity contribution in [3.8, 4) is 0 Å². The van der Waals surface area contributed by atoms with Crippen LogP contribution in [0.5, 0.6) is 0 Å². The van der Waals surface area contributed by atoms with Crippen LogP contribution >= 0.6 is 0 Å². The van der Waals surface area contributed by atoms with E-state index in [-0.39, 0.29) is 11.9 Å². The first-order valence-electron chi connectivity index (χ1n) is 6.51. The van der Waals surface area contributed by atoms with E-state index in [1.165, 1.54) is 6.42 Å². The van der Waals surface area contributed by atoms with Gasteiger partial charge < -0.3 is 16.4 Å². The Kier molecular flexibility index (Phi) is 4.18. The van der Waals surface area contributed by atoms with Gasteiger partial charge in [-0.2, -0.15) is 0 Å². The summed E-state index contributed by atoms with van der Waals surface area (Å²) in [5, 5.41) is 6.41. The van der Waals surface area contributed by atoms with Gasteiger partial charge in [0.25, 0.3) is 0 Å². The molecule has 1 aliphatic carbocycles. The molecule has 0 spiro atoms. The van der Waals surface area contributed by atoms with E-state index in [1.807, 2.05) is 0 Å². The standard InChI is InChI=1S/C12H23N3O/c13-11-5-1-3-9(11)7-12(16)15-10-4-2-6-14-8-10/h9-11,14H,1-8,13H2,(H,15,16)/t9-,10+,11+/m0/s1. The topological polar surface area (TPSA) is 67.2 Å². The van der Waals surface area contributed by atoms with Gasteiger partial charge in [-0.05, 0) is 38.1 Å². The fourth-order valence-corrected chi connectivity index (χ4v) is 2.82. The van der Waals surface area contributed by atoms with Crippen LogP contribution in [0.1, 0.15) is 38.5 Å². The van der Waals surface area contributed by atoms with E-state index in [4.69, 9.17) is 5.73 Å². The highest BCUT2D eigenvalue weighted by atomic mass is 16.1. The van der Waals surface area contributed by atoms with Crippen molar-refractivity contribution in [2.45, 2.75) is 50.6 Å². The van der Waals surface area contributed by atoms with Crippen molar-refractivity contribution in [2.75, 3.05) is 13.1 Å². The van der Waals surface area contributed by atoms with E-state index in [0.29, 0.717) is 18.4 Å². The van der Waals surface area contributed by atoms with Crippen molar-refractivity contribution in [1.82, 2.24) is 10.6 Å². The molecule has 2 rings (SSSR count). The predicted octanol–water partition coefficient (Wildman–Crippen LogP) is 0.372. The van der Waals surface area contributed by atoms with Gasteiger partial charge in [0.1, 0.15) is 0 Å². The molecular formula is C12H23N3O. The van der Waals surface area contributed by atoms with Crippen LogP contribution in [0.15, 0.2) is 0 Å². The molecule has 1 amide bonds. The first kappa shape index (κ1) is 11.9. The lowest BCUT2D eigenvalue weighted by Gasteiger charge is -2.25. The van der Waals surface area contributed by atoms with Crippen LogP contribution in [0, 0.1) is 5.92 Å². The molecule has 2 fully saturated rings. The number of hydrogen-bond donors (Lipinski definition) is 3. The summed E-state index contributed by atoms with van der Waals surface area (Å²) in [6, 6.07) is 0.578. The minimum absolute atomic E-state index is 0.191. The second-order valence-corrected chi connectivity index (χ2v) is 5.17. The fourth-order valence-electron chi connectivity index (χ4n) is 2.82. The van der Waals surface area contributed by atoms with Crippen molar-refractivity contribution in [3.63, 3.8) is 0 Å². The summed E-state index contributed by atoms with van der Waals surface area (Å²) in [4.78, 5) is 11.8. The van der Waals surface area contributed by atoms with Gasteiger partial charge in [0, 0.05) is 25.0 Å². The first-order chi connectivity index (χ1) is 7.75. The second kappa shape index (κ2) is 5.64. The Bertz CT molecular complexity index is 238. The zero-order valence-electron chi connectivity index (χ0n) is 9.87. The van der Waals surface area contributed by atoms with Crippen LogP contribution in [0.4, 0.5) is 0 Å². The molecular weight excluding hydrogens is 202 g/mol. The van der Waals surface area contributed by atoms with Gasteiger partial charge >= 0.3 is 0 Å². The van der Waals surface area contributed by atoms with Gasteiger partial charge in [-0.15, -0.1) is 0 Å². The molecule has 0 radical (unpaired) electrons. The lowest BCUT2D eigenvalue weighted by atomic mass is 9.99. The molecule has 0 aromatic rings. The molecule has 0 bridgehead atoms. The number of rotatable bonds is 3. The minimum atomic E-state index is 0.191. The molecule has 0 aromatic carbocycles. The van der Waals surface area contributed by atoms with Crippen LogP contribution < -0.4 is 16.4 Å². The van der Waals surface area contributed by atoms with Gasteiger partial charge in [-0.1, -0.05) is 6.42 Å². The molecule has 1 saturated heterocycles. The third-order valence-electron chi connectivity index (χ3n) is 3.83. The summed E-state index contributed by atoms with van der Waals surface area (Å²) in [6.45, 7) is 2.00. The number of piperidine rings is 1. The monoisotopic (exact) mass is 225 g/mol. The largest absolute Gasteiger partial charge is 0.352 e. The van der Waals surface area contributed by atoms with Gasteiger partial charge in [-0.25, -0.2) is 0 Å². The highest BCUT2D eigenvalue weighted by molar-refractivity contribution is 5.76. The zero-order valence-corrected chi connectivity index (χ0v) is 9.87. The molecule has 1 heterocycles. The van der Waals surface area contributed by atoms with Gasteiger partial charge in [0.05, 0.1) is 0 Å². The summed E-state index contributed by atoms with van der Waals surface area (Å²) < 4.78 is 0.